The number of aryl methyl sites for hydroxylation is 1. The predicted molar refractivity (Wildman–Crippen MR) is 81.0 cm³/mol. The van der Waals surface area contributed by atoms with Crippen molar-refractivity contribution < 1.29 is 21.5 Å². The van der Waals surface area contributed by atoms with Crippen LogP contribution in [0, 0.1) is 0 Å². The Kier molecular flexibility index (Phi) is 8.31. The normalized spacial score (nSPS) is 10.4. The Morgan fingerprint density at radius 3 is 2.32 bits per heavy atom. The number of fused-ring (bicyclic) bond motifs is 1. The highest BCUT2D eigenvalue weighted by atomic mass is 79.9. The number of aromatic nitrogens is 1. The molecule has 0 aliphatic heterocycles. The van der Waals surface area contributed by atoms with Crippen molar-refractivity contribution >= 4 is 26.7 Å². The van der Waals surface area contributed by atoms with Gasteiger partial charge in [0.2, 0.25) is 0 Å². The zero-order valence-corrected chi connectivity index (χ0v) is 14.4. The predicted octanol–water partition coefficient (Wildman–Crippen LogP) is 1.48. The van der Waals surface area contributed by atoms with E-state index >= 15 is 0 Å². The summed E-state index contributed by atoms with van der Waals surface area (Å²) in [4.78, 5) is 0. The van der Waals surface area contributed by atoms with Crippen LogP contribution >= 0.6 is 15.9 Å². The minimum absolute atomic E-state index is 0. The molecular formula is C16H21Br2N. The zero-order chi connectivity index (χ0) is 12.6. The van der Waals surface area contributed by atoms with E-state index in [1.807, 2.05) is 0 Å². The number of benzene rings is 1. The molecular weight excluding hydrogens is 366 g/mol. The second kappa shape index (κ2) is 9.49. The fraction of sp³-hybridized carbons (Fsp3) is 0.438. The molecule has 0 aliphatic rings. The van der Waals surface area contributed by atoms with E-state index in [2.05, 4.69) is 63.2 Å². The number of unbranched alkanes of at least 4 members (excludes halogenated alkanes) is 4. The largest absolute Gasteiger partial charge is 1.00 e. The van der Waals surface area contributed by atoms with Crippen LogP contribution in [0.1, 0.15) is 32.1 Å². The molecule has 0 fully saturated rings. The second-order valence-electron chi connectivity index (χ2n) is 4.77. The number of halogens is 2. The van der Waals surface area contributed by atoms with Crippen molar-refractivity contribution in [2.75, 3.05) is 5.33 Å². The third-order valence-corrected chi connectivity index (χ3v) is 3.86. The van der Waals surface area contributed by atoms with Crippen LogP contribution in [0.5, 0.6) is 0 Å². The summed E-state index contributed by atoms with van der Waals surface area (Å²) in [6.07, 6.45) is 11.1. The number of pyridine rings is 1. The molecule has 104 valence electrons. The molecule has 1 heterocycles. The molecule has 0 saturated heterocycles. The molecule has 0 saturated carbocycles. The molecule has 0 amide bonds. The van der Waals surface area contributed by atoms with Crippen LogP contribution in [0.2, 0.25) is 0 Å². The molecule has 1 nitrogen and oxygen atoms in total. The average Bonchev–Trinajstić information content (AvgIpc) is 2.42. The molecule has 1 aromatic heterocycles. The molecule has 0 radical (unpaired) electrons. The van der Waals surface area contributed by atoms with Crippen molar-refractivity contribution in [1.82, 2.24) is 0 Å². The summed E-state index contributed by atoms with van der Waals surface area (Å²) < 4.78 is 2.31. The molecule has 19 heavy (non-hydrogen) atoms. The minimum atomic E-state index is 0. The van der Waals surface area contributed by atoms with Crippen molar-refractivity contribution in [2.24, 2.45) is 0 Å². The van der Waals surface area contributed by atoms with Gasteiger partial charge in [0, 0.05) is 23.2 Å². The van der Waals surface area contributed by atoms with E-state index in [9.17, 15) is 0 Å². The van der Waals surface area contributed by atoms with E-state index in [4.69, 9.17) is 0 Å². The summed E-state index contributed by atoms with van der Waals surface area (Å²) >= 11 is 3.47. The van der Waals surface area contributed by atoms with E-state index in [0.717, 1.165) is 11.9 Å². The Morgan fingerprint density at radius 1 is 0.842 bits per heavy atom. The quantitative estimate of drug-likeness (QED) is 0.385. The Hall–Kier alpha value is -0.410. The summed E-state index contributed by atoms with van der Waals surface area (Å²) in [6.45, 7) is 1.14. The van der Waals surface area contributed by atoms with E-state index in [0.29, 0.717) is 0 Å². The Balaban J connectivity index is 0.00000180. The maximum Gasteiger partial charge on any atom is 0.176 e. The molecule has 0 bridgehead atoms. The van der Waals surface area contributed by atoms with Crippen LogP contribution < -0.4 is 21.5 Å². The van der Waals surface area contributed by atoms with Gasteiger partial charge in [-0.05, 0) is 24.3 Å². The smallest absolute Gasteiger partial charge is 0.176 e. The zero-order valence-electron chi connectivity index (χ0n) is 11.2. The van der Waals surface area contributed by atoms with Crippen LogP contribution in [0.25, 0.3) is 10.8 Å². The lowest BCUT2D eigenvalue weighted by atomic mass is 10.1. The van der Waals surface area contributed by atoms with Gasteiger partial charge in [-0.25, -0.2) is 4.57 Å². The number of rotatable bonds is 7. The van der Waals surface area contributed by atoms with Crippen molar-refractivity contribution in [3.63, 3.8) is 0 Å². The molecule has 0 unspecified atom stereocenters. The van der Waals surface area contributed by atoms with Gasteiger partial charge in [0.15, 0.2) is 12.4 Å². The highest BCUT2D eigenvalue weighted by molar-refractivity contribution is 9.09. The lowest BCUT2D eigenvalue weighted by Crippen LogP contribution is -3.00. The number of hydrogen-bond donors (Lipinski definition) is 0. The van der Waals surface area contributed by atoms with Crippen LogP contribution in [-0.4, -0.2) is 5.33 Å². The molecule has 3 heteroatoms. The van der Waals surface area contributed by atoms with Gasteiger partial charge in [0.05, 0.1) is 0 Å². The molecule has 0 N–H and O–H groups in total. The SMILES string of the molecule is BrCCCCCCC[n+]1ccc2ccccc2c1.[Br-]. The molecule has 0 atom stereocenters. The van der Waals surface area contributed by atoms with Crippen molar-refractivity contribution in [2.45, 2.75) is 38.6 Å². The van der Waals surface area contributed by atoms with E-state index in [-0.39, 0.29) is 17.0 Å². The standard InChI is InChI=1S/C16H21BrN.BrH/c17-11-6-2-1-3-7-12-18-13-10-15-8-4-5-9-16(15)14-18;/h4-5,8-10,13-14H,1-3,6-7,11-12H2;1H/q+1;/p-1. The van der Waals surface area contributed by atoms with Crippen LogP contribution in [0.3, 0.4) is 0 Å². The molecule has 0 aliphatic carbocycles. The first-order valence-electron chi connectivity index (χ1n) is 6.84. The molecule has 2 aromatic rings. The van der Waals surface area contributed by atoms with Gasteiger partial charge < -0.3 is 17.0 Å². The van der Waals surface area contributed by atoms with Gasteiger partial charge in [-0.15, -0.1) is 0 Å². The first-order valence-corrected chi connectivity index (χ1v) is 7.96. The highest BCUT2D eigenvalue weighted by Crippen LogP contribution is 2.10. The van der Waals surface area contributed by atoms with E-state index in [1.54, 1.807) is 0 Å². The van der Waals surface area contributed by atoms with Gasteiger partial charge in [0.1, 0.15) is 6.54 Å². The van der Waals surface area contributed by atoms with Crippen LogP contribution in [-0.2, 0) is 6.54 Å². The van der Waals surface area contributed by atoms with Crippen molar-refractivity contribution in [3.05, 3.63) is 42.7 Å². The number of hydrogen-bond acceptors (Lipinski definition) is 0. The number of nitrogens with zero attached hydrogens (tertiary/aromatic N) is 1. The summed E-state index contributed by atoms with van der Waals surface area (Å²) in [5.41, 5.74) is 0. The van der Waals surface area contributed by atoms with Crippen molar-refractivity contribution in [1.29, 1.82) is 0 Å². The monoisotopic (exact) mass is 385 g/mol. The van der Waals surface area contributed by atoms with Crippen LogP contribution in [0.4, 0.5) is 0 Å². The Bertz CT molecular complexity index is 485. The summed E-state index contributed by atoms with van der Waals surface area (Å²) in [5, 5.41) is 3.80. The fourth-order valence-corrected chi connectivity index (χ4v) is 2.63. The lowest BCUT2D eigenvalue weighted by molar-refractivity contribution is -0.696. The van der Waals surface area contributed by atoms with Gasteiger partial charge in [0.25, 0.3) is 0 Å². The van der Waals surface area contributed by atoms with Gasteiger partial charge in [-0.3, -0.25) is 0 Å². The average molecular weight is 387 g/mol. The maximum atomic E-state index is 3.47. The highest BCUT2D eigenvalue weighted by Gasteiger charge is 2.02. The Morgan fingerprint density at radius 2 is 1.53 bits per heavy atom. The van der Waals surface area contributed by atoms with Gasteiger partial charge >= 0.3 is 0 Å². The third-order valence-electron chi connectivity index (χ3n) is 3.30. The molecule has 2 rings (SSSR count). The molecule has 1 aromatic carbocycles. The first kappa shape index (κ1) is 16.6. The van der Waals surface area contributed by atoms with Gasteiger partial charge in [-0.2, -0.15) is 0 Å². The number of alkyl halides is 1. The lowest BCUT2D eigenvalue weighted by Gasteiger charge is -2.00. The van der Waals surface area contributed by atoms with E-state index in [1.165, 1.54) is 42.9 Å². The first-order chi connectivity index (χ1) is 8.90. The maximum absolute atomic E-state index is 3.47. The second-order valence-corrected chi connectivity index (χ2v) is 5.56. The van der Waals surface area contributed by atoms with E-state index < -0.39 is 0 Å². The fourth-order valence-electron chi connectivity index (χ4n) is 2.24. The summed E-state index contributed by atoms with van der Waals surface area (Å²) in [5.74, 6) is 0. The Labute approximate surface area is 134 Å². The summed E-state index contributed by atoms with van der Waals surface area (Å²) in [6, 6.07) is 10.8. The van der Waals surface area contributed by atoms with Gasteiger partial charge in [-0.1, -0.05) is 47.0 Å². The van der Waals surface area contributed by atoms with Crippen molar-refractivity contribution in [3.8, 4) is 0 Å². The van der Waals surface area contributed by atoms with Crippen LogP contribution in [0.15, 0.2) is 42.7 Å². The molecule has 0 spiro atoms. The third kappa shape index (κ3) is 5.62. The minimum Gasteiger partial charge on any atom is -1.00 e. The summed E-state index contributed by atoms with van der Waals surface area (Å²) in [7, 11) is 0. The topological polar surface area (TPSA) is 3.88 Å².